The second-order valence-corrected chi connectivity index (χ2v) is 14.5. The third kappa shape index (κ3) is 7.19. The number of carbonyl (C=O) groups excluding carboxylic acids is 3. The van der Waals surface area contributed by atoms with Crippen LogP contribution in [0, 0.1) is 17.8 Å². The summed E-state index contributed by atoms with van der Waals surface area (Å²) in [6, 6.07) is 11.2. The molecule has 1 N–H and O–H groups in total. The molecule has 2 aromatic carbocycles. The molecule has 0 saturated heterocycles. The van der Waals surface area contributed by atoms with Crippen LogP contribution in [0.1, 0.15) is 77.3 Å². The third-order valence-electron chi connectivity index (χ3n) is 8.40. The molecule has 236 valence electrons. The number of aryl methyl sites for hydroxylation is 1. The molecule has 0 aromatic heterocycles. The second-order valence-electron chi connectivity index (χ2n) is 13.3. The van der Waals surface area contributed by atoms with Crippen molar-refractivity contribution in [1.29, 1.82) is 0 Å². The number of halogens is 3. The maximum atomic E-state index is 13.7. The molecule has 44 heavy (non-hydrogen) atoms. The molecule has 0 saturated carbocycles. The van der Waals surface area contributed by atoms with E-state index < -0.39 is 5.92 Å². The van der Waals surface area contributed by atoms with E-state index in [1.807, 2.05) is 31.2 Å². The monoisotopic (exact) mass is 658 g/mol. The Balaban J connectivity index is 0.000000479. The van der Waals surface area contributed by atoms with Crippen LogP contribution in [-0.2, 0) is 14.4 Å². The van der Waals surface area contributed by atoms with Gasteiger partial charge in [-0.3, -0.25) is 14.4 Å². The molecule has 0 bridgehead atoms. The highest BCUT2D eigenvalue weighted by molar-refractivity contribution is 6.37. The van der Waals surface area contributed by atoms with Gasteiger partial charge in [-0.15, -0.1) is 0 Å². The summed E-state index contributed by atoms with van der Waals surface area (Å²) in [4.78, 5) is 41.3. The zero-order valence-electron chi connectivity index (χ0n) is 26.5. The highest BCUT2D eigenvalue weighted by Crippen LogP contribution is 2.55. The SMILES string of the molecule is CCN1C2=C(C(=O)CC(C)(C)C2)C(c2cc(Cl)c(OCC(=O)NC)c(Cl)c2)C2=C1CC(C)(C)CC2=O.Cc1ccccc1Cl. The van der Waals surface area contributed by atoms with Gasteiger partial charge in [-0.1, -0.05) is 80.7 Å². The maximum Gasteiger partial charge on any atom is 0.257 e. The number of carbonyl (C=O) groups is 3. The van der Waals surface area contributed by atoms with E-state index in [2.05, 4.69) is 44.8 Å². The molecule has 1 amide bonds. The third-order valence-corrected chi connectivity index (χ3v) is 9.38. The van der Waals surface area contributed by atoms with E-state index in [1.165, 1.54) is 7.05 Å². The number of benzene rings is 2. The number of allylic oxidation sites excluding steroid dienone is 4. The predicted octanol–water partition coefficient (Wildman–Crippen LogP) is 8.47. The molecular weight excluding hydrogens is 619 g/mol. The lowest BCUT2D eigenvalue weighted by Crippen LogP contribution is -2.44. The molecule has 2 aliphatic carbocycles. The van der Waals surface area contributed by atoms with Gasteiger partial charge in [0.05, 0.1) is 10.0 Å². The van der Waals surface area contributed by atoms with Crippen molar-refractivity contribution in [2.75, 3.05) is 20.2 Å². The van der Waals surface area contributed by atoms with Crippen molar-refractivity contribution in [3.8, 4) is 5.75 Å². The molecule has 0 atom stereocenters. The number of hydrogen-bond acceptors (Lipinski definition) is 5. The summed E-state index contributed by atoms with van der Waals surface area (Å²) in [7, 11) is 1.52. The van der Waals surface area contributed by atoms with Crippen LogP contribution < -0.4 is 10.1 Å². The minimum Gasteiger partial charge on any atom is -0.481 e. The number of ether oxygens (including phenoxy) is 1. The minimum atomic E-state index is -0.534. The van der Waals surface area contributed by atoms with Gasteiger partial charge in [0, 0.05) is 59.9 Å². The van der Waals surface area contributed by atoms with Crippen molar-refractivity contribution in [3.63, 3.8) is 0 Å². The largest absolute Gasteiger partial charge is 0.481 e. The molecule has 0 radical (unpaired) electrons. The number of rotatable bonds is 5. The molecule has 3 aliphatic rings. The van der Waals surface area contributed by atoms with Crippen LogP contribution in [-0.4, -0.2) is 42.6 Å². The molecule has 6 nitrogen and oxygen atoms in total. The summed E-state index contributed by atoms with van der Waals surface area (Å²) < 4.78 is 5.57. The quantitative estimate of drug-likeness (QED) is 0.349. The Morgan fingerprint density at radius 3 is 1.80 bits per heavy atom. The van der Waals surface area contributed by atoms with Crippen LogP contribution in [0.25, 0.3) is 0 Å². The minimum absolute atomic E-state index is 0.0565. The number of ketones is 2. The molecule has 0 unspecified atom stereocenters. The van der Waals surface area contributed by atoms with Crippen molar-refractivity contribution >= 4 is 52.3 Å². The first-order valence-electron chi connectivity index (χ1n) is 14.9. The maximum absolute atomic E-state index is 13.7. The van der Waals surface area contributed by atoms with E-state index in [4.69, 9.17) is 39.5 Å². The first kappa shape index (κ1) is 34.1. The first-order valence-corrected chi connectivity index (χ1v) is 16.1. The summed E-state index contributed by atoms with van der Waals surface area (Å²) in [5, 5.41) is 3.79. The van der Waals surface area contributed by atoms with Gasteiger partial charge < -0.3 is 15.0 Å². The fraction of sp³-hybridized carbons (Fsp3) is 0.457. The topological polar surface area (TPSA) is 75.7 Å². The van der Waals surface area contributed by atoms with E-state index in [9.17, 15) is 14.4 Å². The average Bonchev–Trinajstić information content (AvgIpc) is 2.92. The number of nitrogens with zero attached hydrogens (tertiary/aromatic N) is 1. The summed E-state index contributed by atoms with van der Waals surface area (Å²) in [5.41, 5.74) is 4.83. The van der Waals surface area contributed by atoms with Gasteiger partial charge in [0.15, 0.2) is 23.9 Å². The highest BCUT2D eigenvalue weighted by Gasteiger charge is 2.48. The van der Waals surface area contributed by atoms with Crippen LogP contribution in [0.3, 0.4) is 0 Å². The van der Waals surface area contributed by atoms with Gasteiger partial charge in [0.2, 0.25) is 0 Å². The lowest BCUT2D eigenvalue weighted by atomic mass is 9.63. The summed E-state index contributed by atoms with van der Waals surface area (Å²) in [6.07, 6.45) is 2.32. The van der Waals surface area contributed by atoms with E-state index in [-0.39, 0.29) is 50.7 Å². The molecule has 9 heteroatoms. The van der Waals surface area contributed by atoms with Crippen molar-refractivity contribution in [1.82, 2.24) is 10.2 Å². The number of likely N-dealkylation sites (N-methyl/N-ethyl adjacent to an activating group) is 1. The van der Waals surface area contributed by atoms with Crippen molar-refractivity contribution < 1.29 is 19.1 Å². The molecule has 1 heterocycles. The molecular formula is C35H41Cl3N2O4. The van der Waals surface area contributed by atoms with Gasteiger partial charge in [0.25, 0.3) is 5.91 Å². The fourth-order valence-corrected chi connectivity index (χ4v) is 7.16. The van der Waals surface area contributed by atoms with E-state index in [1.54, 1.807) is 12.1 Å². The molecule has 0 spiro atoms. The Morgan fingerprint density at radius 2 is 1.39 bits per heavy atom. The summed E-state index contributed by atoms with van der Waals surface area (Å²) in [6.45, 7) is 13.0. The Labute approximate surface area is 275 Å². The number of nitrogens with one attached hydrogen (secondary N) is 1. The van der Waals surface area contributed by atoms with Crippen molar-refractivity contribution in [2.45, 2.75) is 73.1 Å². The van der Waals surface area contributed by atoms with E-state index >= 15 is 0 Å². The Hall–Kier alpha value is -2.80. The number of hydrogen-bond donors (Lipinski definition) is 1. The van der Waals surface area contributed by atoms with Gasteiger partial charge in [0.1, 0.15) is 0 Å². The second kappa shape index (κ2) is 13.3. The zero-order valence-corrected chi connectivity index (χ0v) is 28.8. The predicted molar refractivity (Wildman–Crippen MR) is 177 cm³/mol. The smallest absolute Gasteiger partial charge is 0.257 e. The molecule has 1 aliphatic heterocycles. The number of amides is 1. The van der Waals surface area contributed by atoms with Crippen LogP contribution in [0.4, 0.5) is 0 Å². The van der Waals surface area contributed by atoms with Gasteiger partial charge >= 0.3 is 0 Å². The Morgan fingerprint density at radius 1 is 0.886 bits per heavy atom. The first-order chi connectivity index (χ1) is 20.6. The van der Waals surface area contributed by atoms with Crippen LogP contribution in [0.5, 0.6) is 5.75 Å². The average molecular weight is 660 g/mol. The lowest BCUT2D eigenvalue weighted by Gasteiger charge is -2.49. The summed E-state index contributed by atoms with van der Waals surface area (Å²) >= 11 is 18.9. The molecule has 0 fully saturated rings. The fourth-order valence-electron chi connectivity index (χ4n) is 6.41. The Bertz CT molecular complexity index is 1460. The van der Waals surface area contributed by atoms with Gasteiger partial charge in [-0.25, -0.2) is 0 Å². The summed E-state index contributed by atoms with van der Waals surface area (Å²) in [5.74, 6) is -0.531. The number of Topliss-reactive ketones (excluding diaryl/α,β-unsaturated/α-hetero) is 2. The van der Waals surface area contributed by atoms with Gasteiger partial charge in [-0.2, -0.15) is 0 Å². The normalized spacial score (nSPS) is 19.2. The van der Waals surface area contributed by atoms with Gasteiger partial charge in [-0.05, 0) is 66.8 Å². The Kier molecular flexibility index (Phi) is 10.3. The molecule has 5 rings (SSSR count). The van der Waals surface area contributed by atoms with E-state index in [0.717, 1.165) is 34.8 Å². The highest BCUT2D eigenvalue weighted by atomic mass is 35.5. The van der Waals surface area contributed by atoms with Crippen molar-refractivity contribution in [3.05, 3.63) is 85.1 Å². The zero-order chi connectivity index (χ0) is 32.6. The van der Waals surface area contributed by atoms with Crippen LogP contribution in [0.2, 0.25) is 15.1 Å². The van der Waals surface area contributed by atoms with E-state index in [0.29, 0.717) is 36.1 Å². The van der Waals surface area contributed by atoms with Crippen molar-refractivity contribution in [2.24, 2.45) is 10.8 Å². The molecule has 2 aromatic rings. The lowest BCUT2D eigenvalue weighted by molar-refractivity contribution is -0.123. The standard InChI is InChI=1S/C28H34Cl2N2O4.C7H7Cl/c1-7-32-18-10-27(2,3)12-20(33)24(18)23(25-19(32)11-28(4,5)13-21(25)34)15-8-16(29)26(17(30)9-15)36-14-22(35)31-6;1-6-4-2-3-5-7(6)8/h8-9,23H,7,10-14H2,1-6H3,(H,31,35);2-5H,1H3. The van der Waals surface area contributed by atoms with Crippen LogP contribution >= 0.6 is 34.8 Å². The van der Waals surface area contributed by atoms with Crippen LogP contribution in [0.15, 0.2) is 58.9 Å².